The summed E-state index contributed by atoms with van der Waals surface area (Å²) >= 11 is 0. The third-order valence-corrected chi connectivity index (χ3v) is 3.83. The van der Waals surface area contributed by atoms with Gasteiger partial charge in [-0.2, -0.15) is 0 Å². The second-order valence-corrected chi connectivity index (χ2v) is 6.82. The van der Waals surface area contributed by atoms with Crippen molar-refractivity contribution in [1.29, 1.82) is 0 Å². The minimum atomic E-state index is -3.17. The Morgan fingerprint density at radius 1 is 1.50 bits per heavy atom. The van der Waals surface area contributed by atoms with E-state index in [2.05, 4.69) is 5.32 Å². The fraction of sp³-hybridized carbons (Fsp3) is 0.800. The molecule has 7 nitrogen and oxygen atoms in total. The number of hydrogen-bond donors (Lipinski definition) is 2. The molecule has 0 aliphatic carbocycles. The van der Waals surface area contributed by atoms with Gasteiger partial charge >= 0.3 is 12.0 Å². The van der Waals surface area contributed by atoms with E-state index in [1.54, 1.807) is 6.92 Å². The highest BCUT2D eigenvalue weighted by molar-refractivity contribution is 7.90. The van der Waals surface area contributed by atoms with Crippen LogP contribution in [-0.4, -0.2) is 61.1 Å². The van der Waals surface area contributed by atoms with Gasteiger partial charge in [-0.15, -0.1) is 0 Å². The van der Waals surface area contributed by atoms with Crippen molar-refractivity contribution < 1.29 is 23.1 Å². The maximum Gasteiger partial charge on any atom is 0.326 e. The summed E-state index contributed by atoms with van der Waals surface area (Å²) in [4.78, 5) is 24.0. The van der Waals surface area contributed by atoms with E-state index in [-0.39, 0.29) is 5.75 Å². The van der Waals surface area contributed by atoms with Gasteiger partial charge < -0.3 is 15.3 Å². The Hall–Kier alpha value is -1.31. The van der Waals surface area contributed by atoms with Crippen LogP contribution in [0.15, 0.2) is 0 Å². The predicted molar refractivity (Wildman–Crippen MR) is 65.1 cm³/mol. The first kappa shape index (κ1) is 14.7. The minimum Gasteiger partial charge on any atom is -0.480 e. The van der Waals surface area contributed by atoms with E-state index < -0.39 is 33.9 Å². The highest BCUT2D eigenvalue weighted by Crippen LogP contribution is 2.17. The third-order valence-electron chi connectivity index (χ3n) is 2.72. The van der Waals surface area contributed by atoms with E-state index in [0.717, 1.165) is 6.26 Å². The molecule has 1 fully saturated rings. The van der Waals surface area contributed by atoms with Gasteiger partial charge in [-0.25, -0.2) is 18.0 Å². The van der Waals surface area contributed by atoms with E-state index in [1.165, 1.54) is 4.90 Å². The standard InChI is InChI=1S/C10H18N2O5S/c1-7(6-18(2,16)17)11-10(15)12-5-3-4-8(12)9(13)14/h7-8H,3-6H2,1-2H3,(H,11,15)(H,13,14)/t7?,8-/m0/s1. The molecule has 8 heteroatoms. The van der Waals surface area contributed by atoms with E-state index >= 15 is 0 Å². The Morgan fingerprint density at radius 2 is 2.11 bits per heavy atom. The number of likely N-dealkylation sites (tertiary alicyclic amines) is 1. The lowest BCUT2D eigenvalue weighted by Crippen LogP contribution is -2.49. The molecule has 0 aromatic heterocycles. The number of nitrogens with zero attached hydrogens (tertiary/aromatic N) is 1. The zero-order valence-corrected chi connectivity index (χ0v) is 11.2. The van der Waals surface area contributed by atoms with Gasteiger partial charge in [0.05, 0.1) is 5.75 Å². The van der Waals surface area contributed by atoms with Gasteiger partial charge in [-0.3, -0.25) is 0 Å². The van der Waals surface area contributed by atoms with Gasteiger partial charge in [0.15, 0.2) is 0 Å². The zero-order valence-electron chi connectivity index (χ0n) is 10.4. The summed E-state index contributed by atoms with van der Waals surface area (Å²) in [7, 11) is -3.17. The second kappa shape index (κ2) is 5.55. The lowest BCUT2D eigenvalue weighted by atomic mass is 10.2. The Labute approximate surface area is 106 Å². The Kier molecular flexibility index (Phi) is 4.55. The van der Waals surface area contributed by atoms with Crippen molar-refractivity contribution in [3.05, 3.63) is 0 Å². The number of carbonyl (C=O) groups is 2. The van der Waals surface area contributed by atoms with E-state index in [9.17, 15) is 18.0 Å². The van der Waals surface area contributed by atoms with E-state index in [0.29, 0.717) is 19.4 Å². The summed E-state index contributed by atoms with van der Waals surface area (Å²) in [5, 5.41) is 11.4. The molecule has 1 unspecified atom stereocenters. The molecule has 0 spiro atoms. The molecule has 0 aromatic carbocycles. The lowest BCUT2D eigenvalue weighted by Gasteiger charge is -2.24. The second-order valence-electron chi connectivity index (χ2n) is 4.63. The molecule has 0 aromatic rings. The number of carbonyl (C=O) groups excluding carboxylic acids is 1. The number of amides is 2. The molecule has 1 heterocycles. The molecule has 18 heavy (non-hydrogen) atoms. The van der Waals surface area contributed by atoms with Gasteiger partial charge in [-0.05, 0) is 19.8 Å². The molecule has 2 N–H and O–H groups in total. The van der Waals surface area contributed by atoms with E-state index in [1.807, 2.05) is 0 Å². The summed E-state index contributed by atoms with van der Waals surface area (Å²) in [5.74, 6) is -1.19. The summed E-state index contributed by atoms with van der Waals surface area (Å²) in [6, 6.07) is -1.87. The number of carboxylic acids is 1. The number of aliphatic carboxylic acids is 1. The first-order valence-corrected chi connectivity index (χ1v) is 7.74. The Morgan fingerprint density at radius 3 is 2.61 bits per heavy atom. The smallest absolute Gasteiger partial charge is 0.326 e. The molecule has 0 radical (unpaired) electrons. The summed E-state index contributed by atoms with van der Waals surface area (Å²) in [6.45, 7) is 1.96. The number of sulfone groups is 1. The highest BCUT2D eigenvalue weighted by Gasteiger charge is 2.34. The number of carboxylic acid groups (broad SMARTS) is 1. The first-order chi connectivity index (χ1) is 8.20. The zero-order chi connectivity index (χ0) is 13.9. The number of urea groups is 1. The fourth-order valence-corrected chi connectivity index (χ4v) is 3.05. The Balaban J connectivity index is 2.57. The molecular weight excluding hydrogens is 260 g/mol. The third kappa shape index (κ3) is 4.17. The fourth-order valence-electron chi connectivity index (χ4n) is 2.06. The summed E-state index contributed by atoms with van der Waals surface area (Å²) in [6.07, 6.45) is 2.17. The van der Waals surface area contributed by atoms with Crippen molar-refractivity contribution in [1.82, 2.24) is 10.2 Å². The molecule has 1 aliphatic rings. The van der Waals surface area contributed by atoms with Crippen LogP contribution in [0.5, 0.6) is 0 Å². The molecule has 0 bridgehead atoms. The van der Waals surface area contributed by atoms with Crippen LogP contribution >= 0.6 is 0 Å². The van der Waals surface area contributed by atoms with Crippen molar-refractivity contribution in [3.63, 3.8) is 0 Å². The molecule has 2 amide bonds. The van der Waals surface area contributed by atoms with Crippen LogP contribution in [0.3, 0.4) is 0 Å². The number of rotatable bonds is 4. The van der Waals surface area contributed by atoms with Crippen molar-refractivity contribution in [2.75, 3.05) is 18.6 Å². The monoisotopic (exact) mass is 278 g/mol. The number of nitrogens with one attached hydrogen (secondary N) is 1. The van der Waals surface area contributed by atoms with Gasteiger partial charge in [0, 0.05) is 18.8 Å². The van der Waals surface area contributed by atoms with Gasteiger partial charge in [0.25, 0.3) is 0 Å². The van der Waals surface area contributed by atoms with Crippen LogP contribution < -0.4 is 5.32 Å². The quantitative estimate of drug-likeness (QED) is 0.733. The molecule has 1 saturated heterocycles. The maximum atomic E-state index is 11.8. The predicted octanol–water partition coefficient (Wildman–Crippen LogP) is -0.322. The summed E-state index contributed by atoms with van der Waals surface area (Å²) < 4.78 is 22.1. The minimum absolute atomic E-state index is 0.162. The molecule has 0 saturated carbocycles. The lowest BCUT2D eigenvalue weighted by molar-refractivity contribution is -0.141. The molecule has 2 atom stereocenters. The van der Waals surface area contributed by atoms with Crippen molar-refractivity contribution >= 4 is 21.8 Å². The SMILES string of the molecule is CC(CS(C)(=O)=O)NC(=O)N1CCC[C@H]1C(=O)O. The number of hydrogen-bond acceptors (Lipinski definition) is 4. The Bertz CT molecular complexity index is 434. The first-order valence-electron chi connectivity index (χ1n) is 5.68. The van der Waals surface area contributed by atoms with Crippen LogP contribution in [0.4, 0.5) is 4.79 Å². The van der Waals surface area contributed by atoms with Crippen LogP contribution in [0, 0.1) is 0 Å². The largest absolute Gasteiger partial charge is 0.480 e. The van der Waals surface area contributed by atoms with Crippen molar-refractivity contribution in [2.24, 2.45) is 0 Å². The summed E-state index contributed by atoms with van der Waals surface area (Å²) in [5.41, 5.74) is 0. The average molecular weight is 278 g/mol. The van der Waals surface area contributed by atoms with Crippen LogP contribution in [0.25, 0.3) is 0 Å². The average Bonchev–Trinajstić information content (AvgIpc) is 2.61. The molecule has 1 aliphatic heterocycles. The molecular formula is C10H18N2O5S. The van der Waals surface area contributed by atoms with Gasteiger partial charge in [-0.1, -0.05) is 0 Å². The molecule has 104 valence electrons. The maximum absolute atomic E-state index is 11.8. The van der Waals surface area contributed by atoms with E-state index in [4.69, 9.17) is 5.11 Å². The van der Waals surface area contributed by atoms with Crippen LogP contribution in [0.2, 0.25) is 0 Å². The van der Waals surface area contributed by atoms with Crippen molar-refractivity contribution in [2.45, 2.75) is 31.8 Å². The highest BCUT2D eigenvalue weighted by atomic mass is 32.2. The van der Waals surface area contributed by atoms with Crippen molar-refractivity contribution in [3.8, 4) is 0 Å². The normalized spacial score (nSPS) is 21.7. The van der Waals surface area contributed by atoms with Gasteiger partial charge in [0.1, 0.15) is 15.9 Å². The topological polar surface area (TPSA) is 104 Å². The van der Waals surface area contributed by atoms with Crippen LogP contribution in [0.1, 0.15) is 19.8 Å². The van der Waals surface area contributed by atoms with Crippen LogP contribution in [-0.2, 0) is 14.6 Å². The van der Waals surface area contributed by atoms with Gasteiger partial charge in [0.2, 0.25) is 0 Å². The molecule has 1 rings (SSSR count).